The van der Waals surface area contributed by atoms with Crippen molar-refractivity contribution in [3.05, 3.63) is 33.2 Å². The van der Waals surface area contributed by atoms with E-state index in [4.69, 9.17) is 5.73 Å². The quantitative estimate of drug-likeness (QED) is 0.731. The van der Waals surface area contributed by atoms with Gasteiger partial charge in [-0.2, -0.15) is 0 Å². The molecule has 0 spiro atoms. The molecule has 0 saturated carbocycles. The molecule has 0 aromatic carbocycles. The van der Waals surface area contributed by atoms with Crippen LogP contribution in [-0.2, 0) is 19.4 Å². The van der Waals surface area contributed by atoms with E-state index in [9.17, 15) is 4.79 Å². The van der Waals surface area contributed by atoms with Gasteiger partial charge in [-0.1, -0.05) is 12.8 Å². The van der Waals surface area contributed by atoms with Gasteiger partial charge in [0.2, 0.25) is 0 Å². The van der Waals surface area contributed by atoms with Gasteiger partial charge in [-0.15, -0.1) is 0 Å². The zero-order chi connectivity index (χ0) is 10.7. The largest absolute Gasteiger partial charge is 0.329 e. The molecule has 1 aliphatic carbocycles. The molecular formula is C12H18N2O. The van der Waals surface area contributed by atoms with E-state index in [1.54, 1.807) is 0 Å². The molecule has 3 heteroatoms. The van der Waals surface area contributed by atoms with Gasteiger partial charge in [-0.25, -0.2) is 0 Å². The third-order valence-electron chi connectivity index (χ3n) is 3.23. The summed E-state index contributed by atoms with van der Waals surface area (Å²) >= 11 is 0. The number of aryl methyl sites for hydroxylation is 1. The predicted molar refractivity (Wildman–Crippen MR) is 60.8 cm³/mol. The number of rotatable bonds is 1. The van der Waals surface area contributed by atoms with Crippen molar-refractivity contribution in [2.24, 2.45) is 5.73 Å². The summed E-state index contributed by atoms with van der Waals surface area (Å²) in [5.41, 5.74) is 8.97. The Labute approximate surface area is 89.7 Å². The number of pyridine rings is 1. The van der Waals surface area contributed by atoms with E-state index >= 15 is 0 Å². The lowest BCUT2D eigenvalue weighted by molar-refractivity contribution is 0.611. The van der Waals surface area contributed by atoms with Crippen LogP contribution in [-0.4, -0.2) is 4.98 Å². The Morgan fingerprint density at radius 1 is 1.20 bits per heavy atom. The molecule has 2 rings (SSSR count). The van der Waals surface area contributed by atoms with Crippen LogP contribution in [0.1, 0.15) is 42.4 Å². The lowest BCUT2D eigenvalue weighted by atomic mass is 9.92. The van der Waals surface area contributed by atoms with Crippen LogP contribution in [0, 0.1) is 0 Å². The van der Waals surface area contributed by atoms with Crippen LogP contribution < -0.4 is 11.3 Å². The van der Waals surface area contributed by atoms with E-state index < -0.39 is 0 Å². The molecule has 0 saturated heterocycles. The second-order valence-electron chi connectivity index (χ2n) is 4.22. The highest BCUT2D eigenvalue weighted by Gasteiger charge is 2.12. The molecule has 0 atom stereocenters. The maximum atomic E-state index is 11.6. The van der Waals surface area contributed by atoms with Crippen LogP contribution in [0.4, 0.5) is 0 Å². The minimum atomic E-state index is -0.00294. The van der Waals surface area contributed by atoms with Gasteiger partial charge in [-0.3, -0.25) is 4.79 Å². The summed E-state index contributed by atoms with van der Waals surface area (Å²) in [6, 6.07) is 0. The average molecular weight is 206 g/mol. The van der Waals surface area contributed by atoms with Gasteiger partial charge in [0.15, 0.2) is 0 Å². The number of hydrogen-bond donors (Lipinski definition) is 2. The van der Waals surface area contributed by atoms with Crippen molar-refractivity contribution in [3.63, 3.8) is 0 Å². The maximum absolute atomic E-state index is 11.6. The zero-order valence-corrected chi connectivity index (χ0v) is 9.01. The molecule has 1 aromatic heterocycles. The number of nitrogens with one attached hydrogen (secondary N) is 1. The summed E-state index contributed by atoms with van der Waals surface area (Å²) in [4.78, 5) is 14.4. The highest BCUT2D eigenvalue weighted by molar-refractivity contribution is 5.32. The number of nitrogens with two attached hydrogens (primary N) is 1. The Hall–Kier alpha value is -1.09. The number of hydrogen-bond acceptors (Lipinski definition) is 2. The van der Waals surface area contributed by atoms with Crippen molar-refractivity contribution in [2.45, 2.75) is 45.1 Å². The summed E-state index contributed by atoms with van der Waals surface area (Å²) in [5, 5.41) is 0. The van der Waals surface area contributed by atoms with Crippen LogP contribution >= 0.6 is 0 Å². The van der Waals surface area contributed by atoms with Gasteiger partial charge in [0, 0.05) is 18.3 Å². The molecule has 82 valence electrons. The molecule has 1 aliphatic rings. The lowest BCUT2D eigenvalue weighted by Gasteiger charge is -2.15. The van der Waals surface area contributed by atoms with Crippen molar-refractivity contribution in [1.82, 2.24) is 4.98 Å². The topological polar surface area (TPSA) is 58.9 Å². The van der Waals surface area contributed by atoms with Crippen LogP contribution in [0.5, 0.6) is 0 Å². The fourth-order valence-electron chi connectivity index (χ4n) is 2.38. The Balaban J connectivity index is 2.46. The minimum absolute atomic E-state index is 0.00294. The number of H-pyrrole nitrogens is 1. The number of aromatic amines is 1. The van der Waals surface area contributed by atoms with E-state index in [0.29, 0.717) is 6.54 Å². The van der Waals surface area contributed by atoms with Gasteiger partial charge < -0.3 is 10.7 Å². The SMILES string of the molecule is NCc1c2c(c[nH]c1=O)CCCCCC2. The first-order valence-electron chi connectivity index (χ1n) is 5.75. The second-order valence-corrected chi connectivity index (χ2v) is 4.22. The van der Waals surface area contributed by atoms with E-state index in [0.717, 1.165) is 18.4 Å². The van der Waals surface area contributed by atoms with Gasteiger partial charge >= 0.3 is 0 Å². The van der Waals surface area contributed by atoms with Crippen molar-refractivity contribution in [3.8, 4) is 0 Å². The van der Waals surface area contributed by atoms with Gasteiger partial charge in [0.1, 0.15) is 0 Å². The fraction of sp³-hybridized carbons (Fsp3) is 0.583. The minimum Gasteiger partial charge on any atom is -0.329 e. The van der Waals surface area contributed by atoms with Gasteiger partial charge in [-0.05, 0) is 36.8 Å². The first-order valence-corrected chi connectivity index (χ1v) is 5.75. The Morgan fingerprint density at radius 2 is 1.93 bits per heavy atom. The Kier molecular flexibility index (Phi) is 3.21. The fourth-order valence-corrected chi connectivity index (χ4v) is 2.38. The van der Waals surface area contributed by atoms with Crippen LogP contribution in [0.25, 0.3) is 0 Å². The predicted octanol–water partition coefficient (Wildman–Crippen LogP) is 1.49. The van der Waals surface area contributed by atoms with Crippen molar-refractivity contribution >= 4 is 0 Å². The second kappa shape index (κ2) is 4.62. The Morgan fingerprint density at radius 3 is 2.67 bits per heavy atom. The van der Waals surface area contributed by atoms with E-state index in [-0.39, 0.29) is 5.56 Å². The summed E-state index contributed by atoms with van der Waals surface area (Å²) in [5.74, 6) is 0. The lowest BCUT2D eigenvalue weighted by Crippen LogP contribution is -2.21. The zero-order valence-electron chi connectivity index (χ0n) is 9.01. The van der Waals surface area contributed by atoms with Crippen LogP contribution in [0.3, 0.4) is 0 Å². The smallest absolute Gasteiger partial charge is 0.252 e. The molecule has 0 radical (unpaired) electrons. The Bertz CT molecular complexity index is 395. The van der Waals surface area contributed by atoms with E-state index in [2.05, 4.69) is 4.98 Å². The molecule has 15 heavy (non-hydrogen) atoms. The number of aromatic nitrogens is 1. The molecular weight excluding hydrogens is 188 g/mol. The molecule has 0 aliphatic heterocycles. The van der Waals surface area contributed by atoms with E-state index in [1.165, 1.54) is 36.8 Å². The van der Waals surface area contributed by atoms with Crippen molar-refractivity contribution in [2.75, 3.05) is 0 Å². The monoisotopic (exact) mass is 206 g/mol. The van der Waals surface area contributed by atoms with E-state index in [1.807, 2.05) is 6.20 Å². The van der Waals surface area contributed by atoms with Crippen LogP contribution in [0.15, 0.2) is 11.0 Å². The summed E-state index contributed by atoms with van der Waals surface area (Å²) in [6.45, 7) is 0.360. The maximum Gasteiger partial charge on any atom is 0.252 e. The van der Waals surface area contributed by atoms with Crippen molar-refractivity contribution < 1.29 is 0 Å². The van der Waals surface area contributed by atoms with Crippen molar-refractivity contribution in [1.29, 1.82) is 0 Å². The highest BCUT2D eigenvalue weighted by Crippen LogP contribution is 2.20. The molecule has 1 aromatic rings. The first kappa shape index (κ1) is 10.4. The van der Waals surface area contributed by atoms with Gasteiger partial charge in [0.05, 0.1) is 0 Å². The molecule has 0 amide bonds. The molecule has 0 bridgehead atoms. The molecule has 1 heterocycles. The average Bonchev–Trinajstić information content (AvgIpc) is 2.20. The third kappa shape index (κ3) is 2.12. The highest BCUT2D eigenvalue weighted by atomic mass is 16.1. The molecule has 3 N–H and O–H groups in total. The molecule has 0 unspecified atom stereocenters. The molecule has 0 fully saturated rings. The molecule has 3 nitrogen and oxygen atoms in total. The number of fused-ring (bicyclic) bond motifs is 1. The summed E-state index contributed by atoms with van der Waals surface area (Å²) in [7, 11) is 0. The third-order valence-corrected chi connectivity index (χ3v) is 3.23. The summed E-state index contributed by atoms with van der Waals surface area (Å²) < 4.78 is 0. The standard InChI is InChI=1S/C12H18N2O/c13-7-11-10-6-4-2-1-3-5-9(10)8-14-12(11)15/h8H,1-7,13H2,(H,14,15). The van der Waals surface area contributed by atoms with Crippen LogP contribution in [0.2, 0.25) is 0 Å². The summed E-state index contributed by atoms with van der Waals surface area (Å²) in [6.07, 6.45) is 8.96. The first-order chi connectivity index (χ1) is 7.33. The van der Waals surface area contributed by atoms with Gasteiger partial charge in [0.25, 0.3) is 5.56 Å². The normalized spacial score (nSPS) is 16.6.